The highest BCUT2D eigenvalue weighted by atomic mass is 32.1. The van der Waals surface area contributed by atoms with Crippen LogP contribution in [0.3, 0.4) is 0 Å². The molecule has 0 aliphatic carbocycles. The maximum atomic E-state index is 5.24. The van der Waals surface area contributed by atoms with Crippen LogP contribution in [0.1, 0.15) is 0 Å². The molecule has 0 aliphatic heterocycles. The van der Waals surface area contributed by atoms with E-state index in [0.717, 1.165) is 11.4 Å². The molecule has 0 saturated heterocycles. The van der Waals surface area contributed by atoms with Gasteiger partial charge in [0.05, 0.1) is 19.9 Å². The van der Waals surface area contributed by atoms with Crippen molar-refractivity contribution in [3.63, 3.8) is 0 Å². The summed E-state index contributed by atoms with van der Waals surface area (Å²) in [6.07, 6.45) is 1.74. The van der Waals surface area contributed by atoms with E-state index < -0.39 is 0 Å². The number of methoxy groups -OCH3 is 2. The molecular weight excluding hydrogens is 236 g/mol. The minimum Gasteiger partial charge on any atom is -0.497 e. The number of nitrogens with one attached hydrogen (secondary N) is 2. The van der Waals surface area contributed by atoms with E-state index in [1.807, 2.05) is 12.1 Å². The Kier molecular flexibility index (Phi) is 5.29. The Morgan fingerprint density at radius 3 is 2.76 bits per heavy atom. The molecule has 0 unspecified atom stereocenters. The van der Waals surface area contributed by atoms with Gasteiger partial charge in [-0.15, -0.1) is 6.58 Å². The Hall–Kier alpha value is -1.75. The number of benzene rings is 1. The predicted molar refractivity (Wildman–Crippen MR) is 74.0 cm³/mol. The van der Waals surface area contributed by atoms with Crippen LogP contribution in [0.25, 0.3) is 0 Å². The second kappa shape index (κ2) is 6.75. The first-order valence-corrected chi connectivity index (χ1v) is 5.50. The molecule has 0 bridgehead atoms. The summed E-state index contributed by atoms with van der Waals surface area (Å²) < 4.78 is 10.4. The van der Waals surface area contributed by atoms with Crippen LogP contribution in [-0.2, 0) is 0 Å². The van der Waals surface area contributed by atoms with Crippen molar-refractivity contribution in [1.29, 1.82) is 0 Å². The van der Waals surface area contributed by atoms with E-state index in [1.54, 1.807) is 26.4 Å². The van der Waals surface area contributed by atoms with Gasteiger partial charge in [0.15, 0.2) is 5.11 Å². The second-order valence-electron chi connectivity index (χ2n) is 3.19. The molecule has 0 aliphatic rings. The Morgan fingerprint density at radius 2 is 2.18 bits per heavy atom. The summed E-state index contributed by atoms with van der Waals surface area (Å²) in [6, 6.07) is 5.47. The Labute approximate surface area is 107 Å². The first kappa shape index (κ1) is 13.3. The molecule has 92 valence electrons. The molecule has 0 saturated carbocycles. The van der Waals surface area contributed by atoms with E-state index in [1.165, 1.54) is 0 Å². The Balaban J connectivity index is 2.76. The third kappa shape index (κ3) is 3.96. The number of anilines is 1. The van der Waals surface area contributed by atoms with Gasteiger partial charge in [-0.25, -0.2) is 0 Å². The van der Waals surface area contributed by atoms with Crippen molar-refractivity contribution in [2.24, 2.45) is 0 Å². The zero-order chi connectivity index (χ0) is 12.7. The standard InChI is InChI=1S/C12H16N2O2S/c1-4-7-13-12(17)14-10-6-5-9(15-2)8-11(10)16-3/h4-6,8H,1,7H2,2-3H3,(H2,13,14,17). The Bertz CT molecular complexity index is 407. The zero-order valence-corrected chi connectivity index (χ0v) is 10.8. The van der Waals surface area contributed by atoms with Crippen LogP contribution in [0.15, 0.2) is 30.9 Å². The molecule has 0 heterocycles. The van der Waals surface area contributed by atoms with Crippen molar-refractivity contribution in [2.75, 3.05) is 26.1 Å². The zero-order valence-electron chi connectivity index (χ0n) is 9.95. The van der Waals surface area contributed by atoms with Crippen molar-refractivity contribution in [3.05, 3.63) is 30.9 Å². The van der Waals surface area contributed by atoms with Crippen LogP contribution in [-0.4, -0.2) is 25.9 Å². The summed E-state index contributed by atoms with van der Waals surface area (Å²) in [6.45, 7) is 4.22. The second-order valence-corrected chi connectivity index (χ2v) is 3.60. The molecule has 0 fully saturated rings. The van der Waals surface area contributed by atoms with E-state index >= 15 is 0 Å². The van der Waals surface area contributed by atoms with Crippen LogP contribution < -0.4 is 20.1 Å². The number of hydrogen-bond acceptors (Lipinski definition) is 3. The fraction of sp³-hybridized carbons (Fsp3) is 0.250. The quantitative estimate of drug-likeness (QED) is 0.621. The lowest BCUT2D eigenvalue weighted by molar-refractivity contribution is 0.395. The van der Waals surface area contributed by atoms with Gasteiger partial charge in [0.1, 0.15) is 11.5 Å². The van der Waals surface area contributed by atoms with Crippen LogP contribution in [0.2, 0.25) is 0 Å². The molecule has 1 rings (SSSR count). The fourth-order valence-corrected chi connectivity index (χ4v) is 1.43. The summed E-state index contributed by atoms with van der Waals surface area (Å²) >= 11 is 5.11. The van der Waals surface area contributed by atoms with E-state index in [2.05, 4.69) is 17.2 Å². The number of ether oxygens (including phenoxy) is 2. The maximum Gasteiger partial charge on any atom is 0.171 e. The molecule has 0 aromatic heterocycles. The first-order chi connectivity index (χ1) is 8.21. The van der Waals surface area contributed by atoms with Crippen LogP contribution in [0.4, 0.5) is 5.69 Å². The van der Waals surface area contributed by atoms with Crippen molar-refractivity contribution in [2.45, 2.75) is 0 Å². The highest BCUT2D eigenvalue weighted by Gasteiger charge is 2.05. The van der Waals surface area contributed by atoms with Gasteiger partial charge in [0.2, 0.25) is 0 Å². The molecule has 1 aromatic rings. The van der Waals surface area contributed by atoms with Crippen LogP contribution in [0.5, 0.6) is 11.5 Å². The molecule has 2 N–H and O–H groups in total. The Morgan fingerprint density at radius 1 is 1.41 bits per heavy atom. The van der Waals surface area contributed by atoms with Crippen molar-refractivity contribution in [1.82, 2.24) is 5.32 Å². The smallest absolute Gasteiger partial charge is 0.171 e. The summed E-state index contributed by atoms with van der Waals surface area (Å²) in [7, 11) is 3.21. The monoisotopic (exact) mass is 252 g/mol. The SMILES string of the molecule is C=CCNC(=S)Nc1ccc(OC)cc1OC. The number of hydrogen-bond donors (Lipinski definition) is 2. The van der Waals surface area contributed by atoms with E-state index in [-0.39, 0.29) is 0 Å². The third-order valence-electron chi connectivity index (χ3n) is 2.06. The van der Waals surface area contributed by atoms with E-state index in [4.69, 9.17) is 21.7 Å². The van der Waals surface area contributed by atoms with Gasteiger partial charge in [-0.3, -0.25) is 0 Å². The molecule has 0 radical (unpaired) electrons. The van der Waals surface area contributed by atoms with Gasteiger partial charge in [-0.05, 0) is 24.4 Å². The lowest BCUT2D eigenvalue weighted by Gasteiger charge is -2.13. The summed E-state index contributed by atoms with van der Waals surface area (Å²) in [5.41, 5.74) is 0.787. The van der Waals surface area contributed by atoms with Crippen LogP contribution >= 0.6 is 12.2 Å². The molecular formula is C12H16N2O2S. The van der Waals surface area contributed by atoms with Gasteiger partial charge in [-0.2, -0.15) is 0 Å². The van der Waals surface area contributed by atoms with Crippen molar-refractivity contribution in [3.8, 4) is 11.5 Å². The van der Waals surface area contributed by atoms with Gasteiger partial charge in [-0.1, -0.05) is 6.08 Å². The normalized spacial score (nSPS) is 9.29. The average Bonchev–Trinajstić information content (AvgIpc) is 2.36. The molecule has 4 nitrogen and oxygen atoms in total. The average molecular weight is 252 g/mol. The molecule has 0 amide bonds. The minimum absolute atomic E-state index is 0.522. The number of rotatable bonds is 5. The fourth-order valence-electron chi connectivity index (χ4n) is 1.23. The molecule has 1 aromatic carbocycles. The molecule has 0 spiro atoms. The topological polar surface area (TPSA) is 42.5 Å². The highest BCUT2D eigenvalue weighted by Crippen LogP contribution is 2.28. The molecule has 0 atom stereocenters. The van der Waals surface area contributed by atoms with E-state index in [9.17, 15) is 0 Å². The maximum absolute atomic E-state index is 5.24. The van der Waals surface area contributed by atoms with Gasteiger partial charge in [0.25, 0.3) is 0 Å². The summed E-state index contributed by atoms with van der Waals surface area (Å²) in [4.78, 5) is 0. The van der Waals surface area contributed by atoms with Crippen LogP contribution in [0, 0.1) is 0 Å². The van der Waals surface area contributed by atoms with Gasteiger partial charge >= 0.3 is 0 Å². The largest absolute Gasteiger partial charge is 0.497 e. The lowest BCUT2D eigenvalue weighted by atomic mass is 10.2. The molecule has 5 heteroatoms. The van der Waals surface area contributed by atoms with Crippen molar-refractivity contribution < 1.29 is 9.47 Å². The van der Waals surface area contributed by atoms with Gasteiger partial charge < -0.3 is 20.1 Å². The first-order valence-electron chi connectivity index (χ1n) is 5.09. The lowest BCUT2D eigenvalue weighted by Crippen LogP contribution is -2.28. The third-order valence-corrected chi connectivity index (χ3v) is 2.31. The van der Waals surface area contributed by atoms with Gasteiger partial charge in [0, 0.05) is 12.6 Å². The molecule has 17 heavy (non-hydrogen) atoms. The summed E-state index contributed by atoms with van der Waals surface area (Å²) in [5.74, 6) is 1.41. The minimum atomic E-state index is 0.522. The highest BCUT2D eigenvalue weighted by molar-refractivity contribution is 7.80. The number of thiocarbonyl (C=S) groups is 1. The van der Waals surface area contributed by atoms with E-state index in [0.29, 0.717) is 17.4 Å². The summed E-state index contributed by atoms with van der Waals surface area (Å²) in [5, 5.41) is 6.54. The predicted octanol–water partition coefficient (Wildman–Crippen LogP) is 2.18. The van der Waals surface area contributed by atoms with Crippen molar-refractivity contribution >= 4 is 23.0 Å².